The first-order valence-electron chi connectivity index (χ1n) is 6.83. The fourth-order valence-corrected chi connectivity index (χ4v) is 2.64. The van der Waals surface area contributed by atoms with Crippen LogP contribution in [0.1, 0.15) is 6.42 Å². The molecule has 21 heavy (non-hydrogen) atoms. The van der Waals surface area contributed by atoms with Crippen LogP contribution in [0.5, 0.6) is 0 Å². The number of benzene rings is 1. The third-order valence-corrected chi connectivity index (χ3v) is 3.80. The number of carbonyl (C=O) groups is 1. The van der Waals surface area contributed by atoms with Crippen molar-refractivity contribution in [1.82, 2.24) is 14.5 Å². The number of hydrogen-bond donors (Lipinski definition) is 2. The standard InChI is InChI=1S/C14H16FN3O3/c15-9-7-17(8-12(9)19)13(20)5-6-18-11-4-2-1-3-10(11)16-14(18)21/h1-4,9,12,19H,5-8H2,(H,16,21)/t9-,12-/m1/s1. The Morgan fingerprint density at radius 1 is 1.38 bits per heavy atom. The van der Waals surface area contributed by atoms with Gasteiger partial charge in [-0.3, -0.25) is 9.36 Å². The Bertz CT molecular complexity index is 714. The quantitative estimate of drug-likeness (QED) is 0.852. The van der Waals surface area contributed by atoms with E-state index in [2.05, 4.69) is 4.98 Å². The van der Waals surface area contributed by atoms with Crippen LogP contribution in [-0.2, 0) is 11.3 Å². The number of aliphatic hydroxyl groups is 1. The summed E-state index contributed by atoms with van der Waals surface area (Å²) in [4.78, 5) is 27.9. The van der Waals surface area contributed by atoms with E-state index >= 15 is 0 Å². The summed E-state index contributed by atoms with van der Waals surface area (Å²) in [6.07, 6.45) is -2.39. The third-order valence-electron chi connectivity index (χ3n) is 3.80. The van der Waals surface area contributed by atoms with Gasteiger partial charge in [0.05, 0.1) is 17.6 Å². The second-order valence-electron chi connectivity index (χ2n) is 5.23. The molecule has 0 unspecified atom stereocenters. The summed E-state index contributed by atoms with van der Waals surface area (Å²) in [5, 5.41) is 9.33. The van der Waals surface area contributed by atoms with Crippen molar-refractivity contribution in [3.63, 3.8) is 0 Å². The predicted molar refractivity (Wildman–Crippen MR) is 74.7 cm³/mol. The number of aromatic nitrogens is 2. The number of halogens is 1. The monoisotopic (exact) mass is 293 g/mol. The molecule has 3 rings (SSSR count). The Balaban J connectivity index is 1.71. The number of fused-ring (bicyclic) bond motifs is 1. The topological polar surface area (TPSA) is 78.3 Å². The Morgan fingerprint density at radius 2 is 2.14 bits per heavy atom. The molecule has 1 aromatic carbocycles. The van der Waals surface area contributed by atoms with Gasteiger partial charge in [0.15, 0.2) is 0 Å². The van der Waals surface area contributed by atoms with Gasteiger partial charge in [-0.25, -0.2) is 9.18 Å². The lowest BCUT2D eigenvalue weighted by atomic mass is 10.3. The van der Waals surface area contributed by atoms with E-state index in [1.165, 1.54) is 9.47 Å². The minimum Gasteiger partial charge on any atom is -0.388 e. The molecule has 2 N–H and O–H groups in total. The van der Waals surface area contributed by atoms with Crippen LogP contribution in [0.4, 0.5) is 4.39 Å². The molecule has 0 aliphatic carbocycles. The maximum absolute atomic E-state index is 13.2. The highest BCUT2D eigenvalue weighted by Crippen LogP contribution is 2.15. The number of para-hydroxylation sites is 2. The van der Waals surface area contributed by atoms with Crippen LogP contribution < -0.4 is 5.69 Å². The second-order valence-corrected chi connectivity index (χ2v) is 5.23. The first-order valence-corrected chi connectivity index (χ1v) is 6.83. The number of nitrogens with one attached hydrogen (secondary N) is 1. The molecule has 1 aliphatic heterocycles. The van der Waals surface area contributed by atoms with Crippen molar-refractivity contribution in [2.24, 2.45) is 0 Å². The SMILES string of the molecule is O=C(CCn1c(=O)[nH]c2ccccc21)N1C[C@@H](O)[C@H](F)C1. The van der Waals surface area contributed by atoms with E-state index in [1.54, 1.807) is 12.1 Å². The van der Waals surface area contributed by atoms with E-state index in [0.29, 0.717) is 0 Å². The van der Waals surface area contributed by atoms with Gasteiger partial charge < -0.3 is 15.0 Å². The van der Waals surface area contributed by atoms with Crippen molar-refractivity contribution in [1.29, 1.82) is 0 Å². The number of amides is 1. The van der Waals surface area contributed by atoms with Gasteiger partial charge in [0.1, 0.15) is 12.3 Å². The van der Waals surface area contributed by atoms with Crippen LogP contribution >= 0.6 is 0 Å². The highest BCUT2D eigenvalue weighted by atomic mass is 19.1. The lowest BCUT2D eigenvalue weighted by Gasteiger charge is -2.15. The van der Waals surface area contributed by atoms with Crippen molar-refractivity contribution in [3.8, 4) is 0 Å². The molecule has 2 atom stereocenters. The maximum atomic E-state index is 13.2. The van der Waals surface area contributed by atoms with Crippen LogP contribution in [0.15, 0.2) is 29.1 Å². The number of aliphatic hydroxyl groups excluding tert-OH is 1. The molecule has 1 fully saturated rings. The smallest absolute Gasteiger partial charge is 0.326 e. The number of rotatable bonds is 3. The normalized spacial score (nSPS) is 22.1. The molecule has 7 heteroatoms. The molecule has 1 aliphatic rings. The van der Waals surface area contributed by atoms with Gasteiger partial charge in [-0.1, -0.05) is 12.1 Å². The molecule has 0 bridgehead atoms. The van der Waals surface area contributed by atoms with E-state index < -0.39 is 12.3 Å². The van der Waals surface area contributed by atoms with Crippen LogP contribution in [0, 0.1) is 0 Å². The van der Waals surface area contributed by atoms with Gasteiger partial charge in [-0.2, -0.15) is 0 Å². The third kappa shape index (κ3) is 2.56. The number of β-amino-alcohol motifs (C(OH)–C–C–N with tert-alkyl or cyclic N) is 1. The van der Waals surface area contributed by atoms with Gasteiger partial charge in [0.2, 0.25) is 5.91 Å². The number of nitrogens with zero attached hydrogens (tertiary/aromatic N) is 2. The summed E-state index contributed by atoms with van der Waals surface area (Å²) in [7, 11) is 0. The Hall–Kier alpha value is -2.15. The molecule has 2 aromatic rings. The summed E-state index contributed by atoms with van der Waals surface area (Å²) in [5.41, 5.74) is 1.18. The summed E-state index contributed by atoms with van der Waals surface area (Å²) in [6.45, 7) is 0.163. The van der Waals surface area contributed by atoms with E-state index in [0.717, 1.165) is 11.0 Å². The summed E-state index contributed by atoms with van der Waals surface area (Å²) >= 11 is 0. The fraction of sp³-hybridized carbons (Fsp3) is 0.429. The largest absolute Gasteiger partial charge is 0.388 e. The van der Waals surface area contributed by atoms with Gasteiger partial charge in [0, 0.05) is 19.5 Å². The number of aryl methyl sites for hydroxylation is 1. The van der Waals surface area contributed by atoms with Gasteiger partial charge in [0.25, 0.3) is 0 Å². The first kappa shape index (κ1) is 13.8. The Morgan fingerprint density at radius 3 is 2.86 bits per heavy atom. The Kier molecular flexibility index (Phi) is 3.50. The maximum Gasteiger partial charge on any atom is 0.326 e. The molecular weight excluding hydrogens is 277 g/mol. The molecule has 1 saturated heterocycles. The van der Waals surface area contributed by atoms with Gasteiger partial charge in [-0.15, -0.1) is 0 Å². The number of likely N-dealkylation sites (tertiary alicyclic amines) is 1. The minimum absolute atomic E-state index is 0.0167. The predicted octanol–water partition coefficient (Wildman–Crippen LogP) is 0.261. The molecule has 1 amide bonds. The molecule has 2 heterocycles. The molecular formula is C14H16FN3O3. The summed E-state index contributed by atoms with van der Waals surface area (Å²) in [6, 6.07) is 7.23. The second kappa shape index (κ2) is 5.33. The van der Waals surface area contributed by atoms with Crippen LogP contribution in [0.3, 0.4) is 0 Å². The molecule has 112 valence electrons. The van der Waals surface area contributed by atoms with Crippen LogP contribution in [0.25, 0.3) is 11.0 Å². The lowest BCUT2D eigenvalue weighted by Crippen LogP contribution is -2.31. The molecule has 1 aromatic heterocycles. The first-order chi connectivity index (χ1) is 10.1. The van der Waals surface area contributed by atoms with Crippen molar-refractivity contribution in [2.75, 3.05) is 13.1 Å². The van der Waals surface area contributed by atoms with E-state index in [4.69, 9.17) is 0 Å². The lowest BCUT2D eigenvalue weighted by molar-refractivity contribution is -0.130. The molecule has 6 nitrogen and oxygen atoms in total. The van der Waals surface area contributed by atoms with E-state index in [-0.39, 0.29) is 37.7 Å². The zero-order chi connectivity index (χ0) is 15.0. The van der Waals surface area contributed by atoms with Crippen molar-refractivity contribution < 1.29 is 14.3 Å². The highest BCUT2D eigenvalue weighted by molar-refractivity contribution is 5.78. The number of alkyl halides is 1. The average Bonchev–Trinajstić information content (AvgIpc) is 2.96. The van der Waals surface area contributed by atoms with Crippen LogP contribution in [0.2, 0.25) is 0 Å². The number of hydrogen-bond acceptors (Lipinski definition) is 3. The van der Waals surface area contributed by atoms with Crippen molar-refractivity contribution in [2.45, 2.75) is 25.2 Å². The zero-order valence-electron chi connectivity index (χ0n) is 11.3. The molecule has 0 radical (unpaired) electrons. The summed E-state index contributed by atoms with van der Waals surface area (Å²) < 4.78 is 14.7. The molecule has 0 spiro atoms. The molecule has 0 saturated carbocycles. The van der Waals surface area contributed by atoms with E-state index in [9.17, 15) is 19.1 Å². The number of aromatic amines is 1. The van der Waals surface area contributed by atoms with Crippen molar-refractivity contribution in [3.05, 3.63) is 34.7 Å². The van der Waals surface area contributed by atoms with E-state index in [1.807, 2.05) is 12.1 Å². The highest BCUT2D eigenvalue weighted by Gasteiger charge is 2.33. The Labute approximate surface area is 119 Å². The zero-order valence-corrected chi connectivity index (χ0v) is 11.3. The van der Waals surface area contributed by atoms with Gasteiger partial charge in [-0.05, 0) is 12.1 Å². The fourth-order valence-electron chi connectivity index (χ4n) is 2.64. The number of carbonyl (C=O) groups excluding carboxylic acids is 1. The number of imidazole rings is 1. The minimum atomic E-state index is -1.38. The summed E-state index contributed by atoms with van der Waals surface area (Å²) in [5.74, 6) is -0.258. The number of H-pyrrole nitrogens is 1. The van der Waals surface area contributed by atoms with Crippen molar-refractivity contribution >= 4 is 16.9 Å². The van der Waals surface area contributed by atoms with Gasteiger partial charge >= 0.3 is 5.69 Å². The van der Waals surface area contributed by atoms with Crippen LogP contribution in [-0.4, -0.2) is 50.8 Å². The average molecular weight is 293 g/mol.